The van der Waals surface area contributed by atoms with Crippen molar-refractivity contribution in [1.29, 1.82) is 0 Å². The van der Waals surface area contributed by atoms with Crippen LogP contribution in [0.1, 0.15) is 21.5 Å². The highest BCUT2D eigenvalue weighted by molar-refractivity contribution is 6.41. The van der Waals surface area contributed by atoms with Crippen LogP contribution in [0.4, 0.5) is 0 Å². The van der Waals surface area contributed by atoms with Crippen molar-refractivity contribution in [3.8, 4) is 29.6 Å². The molecule has 0 aliphatic rings. The van der Waals surface area contributed by atoms with Crippen molar-refractivity contribution in [2.45, 2.75) is 6.92 Å². The molecule has 0 heterocycles. The Kier molecular flexibility index (Phi) is 6.19. The largest absolute Gasteiger partial charge is 0.493 e. The molecule has 0 saturated carbocycles. The number of carbonyl (C=O) groups is 1. The number of hydrogen-bond donors (Lipinski definition) is 0. The number of aryl methyl sites for hydroxylation is 1. The van der Waals surface area contributed by atoms with Gasteiger partial charge in [0.2, 0.25) is 5.75 Å². The number of carbonyl (C=O) groups excluding carboxylic acids is 1. The number of rotatable bonds is 6. The highest BCUT2D eigenvalue weighted by Crippen LogP contribution is 2.43. The molecule has 0 atom stereocenters. The fraction of sp³-hybridized carbons (Fsp3) is 0.211. The summed E-state index contributed by atoms with van der Waals surface area (Å²) in [6, 6.07) is 6.54. The van der Waals surface area contributed by atoms with Crippen LogP contribution in [0.3, 0.4) is 0 Å². The first-order valence-corrected chi connectivity index (χ1v) is 8.02. The molecule has 25 heavy (non-hydrogen) atoms. The second-order valence-corrected chi connectivity index (χ2v) is 5.87. The summed E-state index contributed by atoms with van der Waals surface area (Å²) in [6.45, 7) is 1.71. The van der Waals surface area contributed by atoms with Gasteiger partial charge in [-0.05, 0) is 30.7 Å². The molecule has 0 bridgehead atoms. The van der Waals surface area contributed by atoms with Gasteiger partial charge in [0.15, 0.2) is 17.3 Å². The third-order valence-electron chi connectivity index (χ3n) is 3.54. The molecule has 4 nitrogen and oxygen atoms in total. The summed E-state index contributed by atoms with van der Waals surface area (Å²) in [5.41, 5.74) is 1.07. The van der Waals surface area contributed by atoms with Crippen LogP contribution in [0.25, 0.3) is 0 Å². The molecule has 0 radical (unpaired) electrons. The van der Waals surface area contributed by atoms with Gasteiger partial charge in [0.25, 0.3) is 0 Å². The van der Waals surface area contributed by atoms with Crippen molar-refractivity contribution in [3.05, 3.63) is 51.0 Å². The number of ketones is 1. The zero-order valence-electron chi connectivity index (χ0n) is 14.0. The van der Waals surface area contributed by atoms with Crippen LogP contribution in [0, 0.1) is 19.3 Å². The molecule has 0 unspecified atom stereocenters. The molecule has 0 amide bonds. The quantitative estimate of drug-likeness (QED) is 0.545. The molecule has 0 saturated heterocycles. The van der Waals surface area contributed by atoms with Crippen LogP contribution in [-0.4, -0.2) is 26.6 Å². The standard InChI is InChI=1S/C19H16Cl2O4/c1-5-9-25-19-15(11(2)10-14(23-3)18(19)24-4)17(22)16-12(20)7-6-8-13(16)21/h1,6-8,10H,9H2,2-4H3. The summed E-state index contributed by atoms with van der Waals surface area (Å²) in [5, 5.41) is 0.490. The highest BCUT2D eigenvalue weighted by Gasteiger charge is 2.27. The molecular weight excluding hydrogens is 363 g/mol. The predicted octanol–water partition coefficient (Wildman–Crippen LogP) is 4.56. The fourth-order valence-electron chi connectivity index (χ4n) is 2.46. The summed E-state index contributed by atoms with van der Waals surface area (Å²) in [7, 11) is 2.95. The van der Waals surface area contributed by atoms with E-state index < -0.39 is 0 Å². The van der Waals surface area contributed by atoms with Crippen molar-refractivity contribution in [2.24, 2.45) is 0 Å². The average molecular weight is 379 g/mol. The Hall–Kier alpha value is -2.35. The summed E-state index contributed by atoms with van der Waals surface area (Å²) in [4.78, 5) is 13.2. The minimum atomic E-state index is -0.388. The first kappa shape index (κ1) is 19.0. The molecule has 2 rings (SSSR count). The predicted molar refractivity (Wildman–Crippen MR) is 98.5 cm³/mol. The number of hydrogen-bond acceptors (Lipinski definition) is 4. The Morgan fingerprint density at radius 1 is 1.12 bits per heavy atom. The second-order valence-electron chi connectivity index (χ2n) is 5.05. The molecule has 0 aliphatic heterocycles. The van der Waals surface area contributed by atoms with Gasteiger partial charge in [-0.15, -0.1) is 6.42 Å². The van der Waals surface area contributed by atoms with E-state index >= 15 is 0 Å². The van der Waals surface area contributed by atoms with E-state index in [0.717, 1.165) is 0 Å². The summed E-state index contributed by atoms with van der Waals surface area (Å²) in [6.07, 6.45) is 5.29. The minimum Gasteiger partial charge on any atom is -0.493 e. The lowest BCUT2D eigenvalue weighted by atomic mass is 9.97. The zero-order chi connectivity index (χ0) is 18.6. The molecule has 2 aromatic carbocycles. The van der Waals surface area contributed by atoms with Gasteiger partial charge < -0.3 is 14.2 Å². The van der Waals surface area contributed by atoms with E-state index in [4.69, 9.17) is 43.8 Å². The number of halogens is 2. The molecule has 0 aliphatic carbocycles. The summed E-state index contributed by atoms with van der Waals surface area (Å²) < 4.78 is 16.3. The Morgan fingerprint density at radius 2 is 1.76 bits per heavy atom. The summed E-state index contributed by atoms with van der Waals surface area (Å²) in [5.74, 6) is 2.87. The first-order chi connectivity index (χ1) is 12.0. The van der Waals surface area contributed by atoms with Gasteiger partial charge in [-0.25, -0.2) is 0 Å². The molecule has 2 aromatic rings. The van der Waals surface area contributed by atoms with Gasteiger partial charge in [-0.3, -0.25) is 4.79 Å². The third kappa shape index (κ3) is 3.68. The zero-order valence-corrected chi connectivity index (χ0v) is 15.5. The molecular formula is C19H16Cl2O4. The molecule has 130 valence electrons. The second kappa shape index (κ2) is 8.15. The Labute approximate surface area is 156 Å². The topological polar surface area (TPSA) is 44.8 Å². The first-order valence-electron chi connectivity index (χ1n) is 7.26. The Bertz CT molecular complexity index is 833. The van der Waals surface area contributed by atoms with Crippen molar-refractivity contribution >= 4 is 29.0 Å². The maximum atomic E-state index is 13.2. The molecule has 6 heteroatoms. The SMILES string of the molecule is C#CCOc1c(OC)c(OC)cc(C)c1C(=O)c1c(Cl)cccc1Cl. The fourth-order valence-corrected chi connectivity index (χ4v) is 3.03. The lowest BCUT2D eigenvalue weighted by Crippen LogP contribution is -2.11. The smallest absolute Gasteiger partial charge is 0.204 e. The minimum absolute atomic E-state index is 0.0422. The number of terminal acetylenes is 1. The third-order valence-corrected chi connectivity index (χ3v) is 4.17. The van der Waals surface area contributed by atoms with Crippen molar-refractivity contribution < 1.29 is 19.0 Å². The van der Waals surface area contributed by atoms with Crippen molar-refractivity contribution in [2.75, 3.05) is 20.8 Å². The lowest BCUT2D eigenvalue weighted by Gasteiger charge is -2.19. The van der Waals surface area contributed by atoms with E-state index in [1.54, 1.807) is 31.2 Å². The number of ether oxygens (including phenoxy) is 3. The molecule has 0 aromatic heterocycles. The average Bonchev–Trinajstić information content (AvgIpc) is 2.58. The van der Waals surface area contributed by atoms with Gasteiger partial charge in [-0.1, -0.05) is 35.2 Å². The monoisotopic (exact) mass is 378 g/mol. The van der Waals surface area contributed by atoms with Crippen molar-refractivity contribution in [3.63, 3.8) is 0 Å². The van der Waals surface area contributed by atoms with Gasteiger partial charge in [0.05, 0.1) is 35.4 Å². The summed E-state index contributed by atoms with van der Waals surface area (Å²) >= 11 is 12.4. The molecule has 0 spiro atoms. The number of benzene rings is 2. The normalized spacial score (nSPS) is 10.1. The van der Waals surface area contributed by atoms with E-state index in [1.165, 1.54) is 14.2 Å². The van der Waals surface area contributed by atoms with Crippen LogP contribution >= 0.6 is 23.2 Å². The van der Waals surface area contributed by atoms with Gasteiger partial charge in [0, 0.05) is 0 Å². The van der Waals surface area contributed by atoms with Crippen LogP contribution in [-0.2, 0) is 0 Å². The lowest BCUT2D eigenvalue weighted by molar-refractivity contribution is 0.103. The van der Waals surface area contributed by atoms with Crippen LogP contribution < -0.4 is 14.2 Å². The van der Waals surface area contributed by atoms with Crippen LogP contribution in [0.2, 0.25) is 10.0 Å². The Balaban J connectivity index is 2.75. The van der Waals surface area contributed by atoms with E-state index in [2.05, 4.69) is 5.92 Å². The molecule has 0 fully saturated rings. The van der Waals surface area contributed by atoms with Gasteiger partial charge in [0.1, 0.15) is 6.61 Å². The van der Waals surface area contributed by atoms with Crippen LogP contribution in [0.15, 0.2) is 24.3 Å². The van der Waals surface area contributed by atoms with Crippen molar-refractivity contribution in [1.82, 2.24) is 0 Å². The Morgan fingerprint density at radius 3 is 2.28 bits per heavy atom. The van der Waals surface area contributed by atoms with Gasteiger partial charge >= 0.3 is 0 Å². The molecule has 0 N–H and O–H groups in total. The highest BCUT2D eigenvalue weighted by atomic mass is 35.5. The number of methoxy groups -OCH3 is 2. The van der Waals surface area contributed by atoms with E-state index in [-0.39, 0.29) is 45.1 Å². The van der Waals surface area contributed by atoms with E-state index in [9.17, 15) is 4.79 Å². The maximum Gasteiger partial charge on any atom is 0.204 e. The van der Waals surface area contributed by atoms with E-state index in [0.29, 0.717) is 11.3 Å². The van der Waals surface area contributed by atoms with Crippen LogP contribution in [0.5, 0.6) is 17.2 Å². The van der Waals surface area contributed by atoms with E-state index in [1.807, 2.05) is 0 Å². The maximum absolute atomic E-state index is 13.2. The van der Waals surface area contributed by atoms with Gasteiger partial charge in [-0.2, -0.15) is 0 Å².